The van der Waals surface area contributed by atoms with Crippen molar-refractivity contribution in [3.63, 3.8) is 0 Å². The van der Waals surface area contributed by atoms with Crippen LogP contribution in [-0.4, -0.2) is 53.7 Å². The lowest BCUT2D eigenvalue weighted by molar-refractivity contribution is 0.0948. The number of aryl methyl sites for hydroxylation is 1. The summed E-state index contributed by atoms with van der Waals surface area (Å²) in [5.74, 6) is 3.88. The van der Waals surface area contributed by atoms with E-state index in [0.29, 0.717) is 24.7 Å². The highest BCUT2D eigenvalue weighted by molar-refractivity contribution is 7.98. The first-order chi connectivity index (χ1) is 19.6. The van der Waals surface area contributed by atoms with E-state index >= 15 is 0 Å². The second kappa shape index (κ2) is 12.0. The lowest BCUT2D eigenvalue weighted by Gasteiger charge is -2.35. The summed E-state index contributed by atoms with van der Waals surface area (Å²) < 4.78 is 16.2. The van der Waals surface area contributed by atoms with Crippen LogP contribution in [0.1, 0.15) is 32.9 Å². The number of amides is 1. The highest BCUT2D eigenvalue weighted by Gasteiger charge is 2.21. The molecular weight excluding hydrogens is 526 g/mol. The molecule has 0 atom stereocenters. The first-order valence-corrected chi connectivity index (χ1v) is 14.3. The molecule has 0 aliphatic carbocycles. The van der Waals surface area contributed by atoms with Crippen LogP contribution in [0.15, 0.2) is 76.5 Å². The first-order valence-electron chi connectivity index (χ1n) is 13.3. The van der Waals surface area contributed by atoms with Crippen molar-refractivity contribution >= 4 is 23.5 Å². The lowest BCUT2D eigenvalue weighted by atomic mass is 10.1. The van der Waals surface area contributed by atoms with E-state index < -0.39 is 0 Å². The normalized spacial score (nSPS) is 14.9. The minimum Gasteiger partial charge on any atom is -0.467 e. The Bertz CT molecular complexity index is 1470. The van der Waals surface area contributed by atoms with Crippen LogP contribution in [0.2, 0.25) is 0 Å². The number of furan rings is 1. The summed E-state index contributed by atoms with van der Waals surface area (Å²) >= 11 is 1.58. The molecule has 9 nitrogen and oxygen atoms in total. The van der Waals surface area contributed by atoms with E-state index in [1.54, 1.807) is 24.1 Å². The minimum absolute atomic E-state index is 0.130. The molecule has 2 aliphatic heterocycles. The molecule has 0 unspecified atom stereocenters. The van der Waals surface area contributed by atoms with E-state index in [0.717, 1.165) is 72.2 Å². The zero-order chi connectivity index (χ0) is 27.3. The number of carbonyl (C=O) groups is 1. The molecule has 1 saturated heterocycles. The van der Waals surface area contributed by atoms with Gasteiger partial charge in [-0.1, -0.05) is 30.0 Å². The monoisotopic (exact) mass is 557 g/mol. The van der Waals surface area contributed by atoms with Gasteiger partial charge in [-0.2, -0.15) is 0 Å². The molecule has 2 aromatic heterocycles. The van der Waals surface area contributed by atoms with E-state index in [1.807, 2.05) is 43.3 Å². The number of hydrogen-bond donors (Lipinski definition) is 1. The number of nitrogens with zero attached hydrogens (tertiary/aromatic N) is 4. The summed E-state index contributed by atoms with van der Waals surface area (Å²) in [5, 5.41) is 3.64. The number of nitrogens with one attached hydrogen (secondary N) is 1. The van der Waals surface area contributed by atoms with Crippen LogP contribution in [0.4, 0.5) is 5.82 Å². The molecule has 6 rings (SSSR count). The van der Waals surface area contributed by atoms with E-state index in [4.69, 9.17) is 18.9 Å². The van der Waals surface area contributed by atoms with Crippen LogP contribution in [0, 0.1) is 6.92 Å². The molecule has 0 bridgehead atoms. The van der Waals surface area contributed by atoms with Crippen LogP contribution < -0.4 is 19.7 Å². The fourth-order valence-corrected chi connectivity index (χ4v) is 5.66. The minimum atomic E-state index is -0.130. The van der Waals surface area contributed by atoms with Crippen molar-refractivity contribution < 1.29 is 18.7 Å². The quantitative estimate of drug-likeness (QED) is 0.233. The van der Waals surface area contributed by atoms with Crippen molar-refractivity contribution in [1.29, 1.82) is 0 Å². The Morgan fingerprint density at radius 1 is 0.950 bits per heavy atom. The SMILES string of the molecule is Cc1cc(N2CCN(Cc3ccc4c(c3)OCO4)CC2)nc(SCc2cccc(C(=O)NCc3ccco3)c2)n1. The summed E-state index contributed by atoms with van der Waals surface area (Å²) in [6.45, 7) is 7.26. The average molecular weight is 558 g/mol. The van der Waals surface area contributed by atoms with Crippen LogP contribution in [-0.2, 0) is 18.8 Å². The van der Waals surface area contributed by atoms with Crippen molar-refractivity contribution in [2.24, 2.45) is 0 Å². The molecule has 206 valence electrons. The number of benzene rings is 2. The molecule has 2 aromatic carbocycles. The summed E-state index contributed by atoms with van der Waals surface area (Å²) in [7, 11) is 0. The average Bonchev–Trinajstić information content (AvgIpc) is 3.67. The smallest absolute Gasteiger partial charge is 0.251 e. The van der Waals surface area contributed by atoms with Crippen molar-refractivity contribution in [2.45, 2.75) is 30.9 Å². The number of ether oxygens (including phenoxy) is 2. The van der Waals surface area contributed by atoms with E-state index in [-0.39, 0.29) is 5.91 Å². The summed E-state index contributed by atoms with van der Waals surface area (Å²) in [5.41, 5.74) is 3.84. The number of fused-ring (bicyclic) bond motifs is 1. The molecule has 10 heteroatoms. The molecule has 0 radical (unpaired) electrons. The van der Waals surface area contributed by atoms with Crippen molar-refractivity contribution in [3.05, 3.63) is 95.1 Å². The second-order valence-corrected chi connectivity index (χ2v) is 10.8. The summed E-state index contributed by atoms with van der Waals surface area (Å²) in [4.78, 5) is 26.9. The number of piperazine rings is 1. The third-order valence-electron chi connectivity index (χ3n) is 6.92. The maximum absolute atomic E-state index is 12.6. The van der Waals surface area contributed by atoms with Crippen LogP contribution in [0.3, 0.4) is 0 Å². The largest absolute Gasteiger partial charge is 0.467 e. The van der Waals surface area contributed by atoms with Gasteiger partial charge in [-0.3, -0.25) is 9.69 Å². The molecule has 1 fully saturated rings. The zero-order valence-electron chi connectivity index (χ0n) is 22.3. The number of thioether (sulfide) groups is 1. The fourth-order valence-electron chi connectivity index (χ4n) is 4.82. The van der Waals surface area contributed by atoms with Crippen LogP contribution in [0.5, 0.6) is 11.5 Å². The van der Waals surface area contributed by atoms with Gasteiger partial charge >= 0.3 is 0 Å². The molecule has 0 spiro atoms. The van der Waals surface area contributed by atoms with E-state index in [1.165, 1.54) is 5.56 Å². The van der Waals surface area contributed by atoms with Crippen molar-refractivity contribution in [2.75, 3.05) is 37.9 Å². The van der Waals surface area contributed by atoms with Crippen molar-refractivity contribution in [1.82, 2.24) is 20.2 Å². The van der Waals surface area contributed by atoms with Crippen LogP contribution in [0.25, 0.3) is 0 Å². The Balaban J connectivity index is 1.03. The predicted octanol–water partition coefficient (Wildman–Crippen LogP) is 4.65. The molecule has 1 N–H and O–H groups in total. The van der Waals surface area contributed by atoms with Gasteiger partial charge in [0.2, 0.25) is 6.79 Å². The zero-order valence-corrected chi connectivity index (χ0v) is 23.2. The van der Waals surface area contributed by atoms with E-state index in [9.17, 15) is 4.79 Å². The molecule has 4 aromatic rings. The molecule has 4 heterocycles. The Morgan fingerprint density at radius 2 is 1.82 bits per heavy atom. The predicted molar refractivity (Wildman–Crippen MR) is 153 cm³/mol. The first kappa shape index (κ1) is 26.2. The van der Waals surface area contributed by atoms with Gasteiger partial charge < -0.3 is 24.1 Å². The molecule has 40 heavy (non-hydrogen) atoms. The van der Waals surface area contributed by atoms with Gasteiger partial charge in [0, 0.05) is 55.8 Å². The van der Waals surface area contributed by atoms with Gasteiger partial charge in [-0.25, -0.2) is 9.97 Å². The highest BCUT2D eigenvalue weighted by atomic mass is 32.2. The second-order valence-electron chi connectivity index (χ2n) is 9.85. The Kier molecular flexibility index (Phi) is 7.87. The topological polar surface area (TPSA) is 93.0 Å². The molecule has 0 saturated carbocycles. The molecule has 2 aliphatic rings. The third-order valence-corrected chi connectivity index (χ3v) is 7.84. The van der Waals surface area contributed by atoms with Gasteiger partial charge in [0.05, 0.1) is 12.8 Å². The van der Waals surface area contributed by atoms with Gasteiger partial charge in [0.15, 0.2) is 16.7 Å². The standard InChI is InChI=1S/C30H31N5O4S/c1-21-14-28(35-11-9-34(10-12-35)18-22-7-8-26-27(16-22)39-20-38-26)33-30(32-21)40-19-23-4-2-5-24(15-23)29(36)31-17-25-6-3-13-37-25/h2-8,13-16H,9-12,17-20H2,1H3,(H,31,36). The Morgan fingerprint density at radius 3 is 2.67 bits per heavy atom. The maximum Gasteiger partial charge on any atom is 0.251 e. The molecular formula is C30H31N5O4S. The highest BCUT2D eigenvalue weighted by Crippen LogP contribution is 2.33. The van der Waals surface area contributed by atoms with Crippen molar-refractivity contribution in [3.8, 4) is 11.5 Å². The number of anilines is 1. The van der Waals surface area contributed by atoms with E-state index in [2.05, 4.69) is 38.3 Å². The number of carbonyl (C=O) groups excluding carboxylic acids is 1. The number of rotatable bonds is 9. The Labute approximate surface area is 237 Å². The Hall–Kier alpha value is -4.02. The summed E-state index contributed by atoms with van der Waals surface area (Å²) in [6.07, 6.45) is 1.60. The number of hydrogen-bond acceptors (Lipinski definition) is 9. The van der Waals surface area contributed by atoms with Crippen LogP contribution >= 0.6 is 11.8 Å². The lowest BCUT2D eigenvalue weighted by Crippen LogP contribution is -2.46. The number of aromatic nitrogens is 2. The maximum atomic E-state index is 12.6. The molecule has 1 amide bonds. The third kappa shape index (κ3) is 6.40. The van der Waals surface area contributed by atoms with Gasteiger partial charge in [0.25, 0.3) is 5.91 Å². The van der Waals surface area contributed by atoms with Gasteiger partial charge in [-0.05, 0) is 54.4 Å². The summed E-state index contributed by atoms with van der Waals surface area (Å²) in [6, 6.07) is 19.5. The van der Waals surface area contributed by atoms with Gasteiger partial charge in [0.1, 0.15) is 11.6 Å². The van der Waals surface area contributed by atoms with Gasteiger partial charge in [-0.15, -0.1) is 0 Å². The fraction of sp³-hybridized carbons (Fsp3) is 0.300.